The maximum Gasteiger partial charge on any atom is 0.191 e. The van der Waals surface area contributed by atoms with Crippen molar-refractivity contribution in [2.45, 2.75) is 25.7 Å². The van der Waals surface area contributed by atoms with Gasteiger partial charge in [0.05, 0.1) is 7.11 Å². The van der Waals surface area contributed by atoms with Crippen LogP contribution >= 0.6 is 24.0 Å². The van der Waals surface area contributed by atoms with Crippen LogP contribution in [0.25, 0.3) is 0 Å². The molecule has 0 spiro atoms. The van der Waals surface area contributed by atoms with Crippen LogP contribution in [-0.2, 0) is 5.41 Å². The lowest BCUT2D eigenvalue weighted by molar-refractivity contribution is 0.411. The number of nitrogens with zero attached hydrogens (tertiary/aromatic N) is 1. The zero-order valence-corrected chi connectivity index (χ0v) is 14.7. The first-order valence-corrected chi connectivity index (χ1v) is 6.78. The molecule has 4 nitrogen and oxygen atoms in total. The summed E-state index contributed by atoms with van der Waals surface area (Å²) in [6.07, 6.45) is 1.12. The average molecular weight is 389 g/mol. The van der Waals surface area contributed by atoms with Crippen molar-refractivity contribution in [2.75, 3.05) is 26.7 Å². The van der Waals surface area contributed by atoms with Gasteiger partial charge in [-0.05, 0) is 24.1 Å². The van der Waals surface area contributed by atoms with Gasteiger partial charge in [0.2, 0.25) is 0 Å². The zero-order chi connectivity index (χ0) is 13.7. The summed E-state index contributed by atoms with van der Waals surface area (Å²) in [5.74, 6) is 1.82. The Morgan fingerprint density at radius 3 is 2.85 bits per heavy atom. The molecular formula is C15H24IN3O. The van der Waals surface area contributed by atoms with Gasteiger partial charge >= 0.3 is 0 Å². The van der Waals surface area contributed by atoms with E-state index in [9.17, 15) is 0 Å². The van der Waals surface area contributed by atoms with E-state index in [-0.39, 0.29) is 29.4 Å². The van der Waals surface area contributed by atoms with Crippen LogP contribution < -0.4 is 15.4 Å². The minimum atomic E-state index is 0. The Bertz CT molecular complexity index is 460. The van der Waals surface area contributed by atoms with E-state index >= 15 is 0 Å². The van der Waals surface area contributed by atoms with Gasteiger partial charge in [-0.3, -0.25) is 4.99 Å². The molecule has 2 rings (SSSR count). The molecule has 2 N–H and O–H groups in total. The van der Waals surface area contributed by atoms with Gasteiger partial charge in [0.15, 0.2) is 5.96 Å². The molecule has 1 heterocycles. The first kappa shape index (κ1) is 17.1. The summed E-state index contributed by atoms with van der Waals surface area (Å²) in [7, 11) is 1.70. The predicted octanol–water partition coefficient (Wildman–Crippen LogP) is 2.53. The van der Waals surface area contributed by atoms with Crippen molar-refractivity contribution < 1.29 is 4.74 Å². The van der Waals surface area contributed by atoms with Crippen molar-refractivity contribution in [1.29, 1.82) is 0 Å². The van der Waals surface area contributed by atoms with E-state index in [4.69, 9.17) is 4.74 Å². The molecule has 20 heavy (non-hydrogen) atoms. The number of guanidine groups is 1. The van der Waals surface area contributed by atoms with Crippen molar-refractivity contribution in [1.82, 2.24) is 10.6 Å². The second kappa shape index (κ2) is 7.71. The molecule has 0 saturated heterocycles. The van der Waals surface area contributed by atoms with Gasteiger partial charge in [-0.2, -0.15) is 0 Å². The van der Waals surface area contributed by atoms with E-state index in [2.05, 4.69) is 41.6 Å². The lowest BCUT2D eigenvalue weighted by Crippen LogP contribution is -2.45. The van der Waals surface area contributed by atoms with E-state index < -0.39 is 0 Å². The van der Waals surface area contributed by atoms with E-state index in [0.717, 1.165) is 37.8 Å². The number of aliphatic imine (C=N–C) groups is 1. The third kappa shape index (κ3) is 4.54. The van der Waals surface area contributed by atoms with Crippen molar-refractivity contribution >= 4 is 29.9 Å². The number of ether oxygens (including phenoxy) is 1. The highest BCUT2D eigenvalue weighted by atomic mass is 127. The molecule has 0 radical (unpaired) electrons. The summed E-state index contributed by atoms with van der Waals surface area (Å²) in [6.45, 7) is 7.20. The normalized spacial score (nSPS) is 14.7. The van der Waals surface area contributed by atoms with Crippen LogP contribution in [-0.4, -0.2) is 32.7 Å². The molecule has 1 aliphatic heterocycles. The number of benzene rings is 1. The fourth-order valence-electron chi connectivity index (χ4n) is 2.10. The van der Waals surface area contributed by atoms with Gasteiger partial charge in [-0.25, -0.2) is 0 Å². The van der Waals surface area contributed by atoms with Crippen LogP contribution in [0.5, 0.6) is 5.75 Å². The fourth-order valence-corrected chi connectivity index (χ4v) is 2.10. The Morgan fingerprint density at radius 1 is 1.40 bits per heavy atom. The largest absolute Gasteiger partial charge is 0.497 e. The summed E-state index contributed by atoms with van der Waals surface area (Å²) in [4.78, 5) is 4.43. The maximum atomic E-state index is 5.29. The van der Waals surface area contributed by atoms with E-state index in [1.165, 1.54) is 5.56 Å². The van der Waals surface area contributed by atoms with Crippen molar-refractivity contribution in [3.8, 4) is 5.75 Å². The Labute approximate surface area is 138 Å². The van der Waals surface area contributed by atoms with Crippen LogP contribution in [0, 0.1) is 0 Å². The lowest BCUT2D eigenvalue weighted by Gasteiger charge is -2.28. The van der Waals surface area contributed by atoms with Crippen LogP contribution in [0.2, 0.25) is 0 Å². The summed E-state index contributed by atoms with van der Waals surface area (Å²) < 4.78 is 5.29. The third-order valence-electron chi connectivity index (χ3n) is 3.45. The van der Waals surface area contributed by atoms with E-state index in [1.54, 1.807) is 7.11 Å². The third-order valence-corrected chi connectivity index (χ3v) is 3.45. The minimum absolute atomic E-state index is 0. The van der Waals surface area contributed by atoms with Crippen LogP contribution in [0.15, 0.2) is 29.3 Å². The molecule has 0 unspecified atom stereocenters. The first-order chi connectivity index (χ1) is 9.12. The number of nitrogens with one attached hydrogen (secondary N) is 2. The number of halogens is 1. The average Bonchev–Trinajstić information content (AvgIpc) is 2.46. The molecular weight excluding hydrogens is 365 g/mol. The van der Waals surface area contributed by atoms with Crippen molar-refractivity contribution in [3.05, 3.63) is 29.8 Å². The molecule has 1 aromatic rings. The quantitative estimate of drug-likeness (QED) is 0.779. The van der Waals surface area contributed by atoms with Crippen molar-refractivity contribution in [2.24, 2.45) is 4.99 Å². The first-order valence-electron chi connectivity index (χ1n) is 6.78. The molecule has 0 amide bonds. The molecule has 0 atom stereocenters. The Balaban J connectivity index is 0.00000200. The topological polar surface area (TPSA) is 45.6 Å². The van der Waals surface area contributed by atoms with E-state index in [0.29, 0.717) is 0 Å². The Kier molecular flexibility index (Phi) is 6.58. The van der Waals surface area contributed by atoms with Gasteiger partial charge in [-0.15, -0.1) is 24.0 Å². The molecule has 1 aromatic carbocycles. The highest BCUT2D eigenvalue weighted by molar-refractivity contribution is 14.0. The van der Waals surface area contributed by atoms with Crippen molar-refractivity contribution in [3.63, 3.8) is 0 Å². The highest BCUT2D eigenvalue weighted by Crippen LogP contribution is 2.25. The second-order valence-electron chi connectivity index (χ2n) is 5.48. The smallest absolute Gasteiger partial charge is 0.191 e. The minimum Gasteiger partial charge on any atom is -0.497 e. The summed E-state index contributed by atoms with van der Waals surface area (Å²) in [6, 6.07) is 8.24. The van der Waals surface area contributed by atoms with Crippen LogP contribution in [0.4, 0.5) is 0 Å². The second-order valence-corrected chi connectivity index (χ2v) is 5.48. The predicted molar refractivity (Wildman–Crippen MR) is 94.4 cm³/mol. The van der Waals surface area contributed by atoms with Crippen LogP contribution in [0.3, 0.4) is 0 Å². The molecule has 0 bridgehead atoms. The standard InChI is InChI=1S/C15H23N3O.HI/c1-15(2,11-18-14-16-8-5-9-17-14)12-6-4-7-13(10-12)19-3;/h4,6-7,10H,5,8-9,11H2,1-3H3,(H2,16,17,18);1H. The maximum absolute atomic E-state index is 5.29. The number of hydrogen-bond donors (Lipinski definition) is 2. The monoisotopic (exact) mass is 389 g/mol. The van der Waals surface area contributed by atoms with Gasteiger partial charge in [0.1, 0.15) is 5.75 Å². The van der Waals surface area contributed by atoms with Gasteiger partial charge < -0.3 is 15.4 Å². The molecule has 0 saturated carbocycles. The molecule has 0 fully saturated rings. The summed E-state index contributed by atoms with van der Waals surface area (Å²) in [5.41, 5.74) is 1.28. The molecule has 0 aliphatic carbocycles. The zero-order valence-electron chi connectivity index (χ0n) is 12.4. The Morgan fingerprint density at radius 2 is 2.20 bits per heavy atom. The summed E-state index contributed by atoms with van der Waals surface area (Å²) in [5, 5.41) is 6.68. The highest BCUT2D eigenvalue weighted by Gasteiger charge is 2.21. The van der Waals surface area contributed by atoms with E-state index in [1.807, 2.05) is 12.1 Å². The molecule has 0 aromatic heterocycles. The van der Waals surface area contributed by atoms with Gasteiger partial charge in [0.25, 0.3) is 0 Å². The van der Waals surface area contributed by atoms with Gasteiger partial charge in [0, 0.05) is 25.0 Å². The molecule has 1 aliphatic rings. The fraction of sp³-hybridized carbons (Fsp3) is 0.533. The molecule has 5 heteroatoms. The number of rotatable bonds is 4. The Hall–Kier alpha value is -0.980. The number of methoxy groups -OCH3 is 1. The number of hydrogen-bond acceptors (Lipinski definition) is 4. The SMILES string of the molecule is COc1cccc(C(C)(C)CNC2=NCCCN2)c1.I. The van der Waals surface area contributed by atoms with Crippen LogP contribution in [0.1, 0.15) is 25.8 Å². The summed E-state index contributed by atoms with van der Waals surface area (Å²) >= 11 is 0. The van der Waals surface area contributed by atoms with Gasteiger partial charge in [-0.1, -0.05) is 26.0 Å². The lowest BCUT2D eigenvalue weighted by atomic mass is 9.84. The molecule has 112 valence electrons.